The van der Waals surface area contributed by atoms with Gasteiger partial charge in [0.15, 0.2) is 5.84 Å². The van der Waals surface area contributed by atoms with Crippen LogP contribution in [0.4, 0.5) is 0 Å². The Morgan fingerprint density at radius 2 is 1.89 bits per heavy atom. The lowest BCUT2D eigenvalue weighted by molar-refractivity contribution is 0.310. The number of nitrogens with zero attached hydrogens (tertiary/aromatic N) is 4. The van der Waals surface area contributed by atoms with Gasteiger partial charge in [0, 0.05) is 6.21 Å². The first-order chi connectivity index (χ1) is 8.43. The van der Waals surface area contributed by atoms with Crippen LogP contribution in [0.5, 0.6) is 0 Å². The third kappa shape index (κ3) is 2.41. The molecular formula is C13H17N5. The summed E-state index contributed by atoms with van der Waals surface area (Å²) in [7, 11) is 0. The molecule has 0 aromatic rings. The van der Waals surface area contributed by atoms with Crippen molar-refractivity contribution in [2.75, 3.05) is 0 Å². The molecule has 0 amide bonds. The summed E-state index contributed by atoms with van der Waals surface area (Å²) in [6, 6.07) is 3.67. The van der Waals surface area contributed by atoms with Crippen LogP contribution in [0.15, 0.2) is 16.2 Å². The molecule has 1 aliphatic rings. The molecule has 1 unspecified atom stereocenters. The van der Waals surface area contributed by atoms with Crippen LogP contribution in [0.3, 0.4) is 0 Å². The van der Waals surface area contributed by atoms with Crippen LogP contribution in [0, 0.1) is 39.9 Å². The molecule has 0 saturated heterocycles. The molecule has 5 nitrogen and oxygen atoms in total. The number of rotatable bonds is 3. The van der Waals surface area contributed by atoms with Crippen molar-refractivity contribution in [3.8, 4) is 12.1 Å². The van der Waals surface area contributed by atoms with Crippen LogP contribution < -0.4 is 0 Å². The van der Waals surface area contributed by atoms with E-state index in [0.717, 1.165) is 0 Å². The zero-order valence-corrected chi connectivity index (χ0v) is 11.1. The van der Waals surface area contributed by atoms with E-state index in [1.165, 1.54) is 5.01 Å². The van der Waals surface area contributed by atoms with Gasteiger partial charge in [0.2, 0.25) is 0 Å². The van der Waals surface area contributed by atoms with Crippen LogP contribution in [0.25, 0.3) is 0 Å². The molecule has 0 aromatic carbocycles. The minimum absolute atomic E-state index is 0.0182. The van der Waals surface area contributed by atoms with Gasteiger partial charge in [0.25, 0.3) is 0 Å². The molecule has 18 heavy (non-hydrogen) atoms. The average Bonchev–Trinajstić information content (AvgIpc) is 2.58. The van der Waals surface area contributed by atoms with Crippen LogP contribution in [-0.4, -0.2) is 23.1 Å². The SMILES string of the molecule is CC(C)/C=N/N1C(=N)C(C#N)=C(C#N)C1C(C)C. The first-order valence-electron chi connectivity index (χ1n) is 5.90. The summed E-state index contributed by atoms with van der Waals surface area (Å²) in [4.78, 5) is 0. The molecule has 0 bridgehead atoms. The molecule has 94 valence electrons. The van der Waals surface area contributed by atoms with Gasteiger partial charge in [-0.05, 0) is 11.8 Å². The Labute approximate surface area is 108 Å². The molecular weight excluding hydrogens is 226 g/mol. The minimum atomic E-state index is -0.313. The molecule has 1 N–H and O–H groups in total. The fourth-order valence-electron chi connectivity index (χ4n) is 1.84. The normalized spacial score (nSPS) is 20.1. The van der Waals surface area contributed by atoms with Gasteiger partial charge in [-0.3, -0.25) is 5.41 Å². The summed E-state index contributed by atoms with van der Waals surface area (Å²) in [5, 5.41) is 31.9. The van der Waals surface area contributed by atoms with Crippen molar-refractivity contribution in [1.82, 2.24) is 5.01 Å². The second-order valence-corrected chi connectivity index (χ2v) is 4.90. The van der Waals surface area contributed by atoms with E-state index in [1.807, 2.05) is 39.8 Å². The second-order valence-electron chi connectivity index (χ2n) is 4.90. The smallest absolute Gasteiger partial charge is 0.161 e. The quantitative estimate of drug-likeness (QED) is 0.771. The van der Waals surface area contributed by atoms with Crippen LogP contribution >= 0.6 is 0 Å². The highest BCUT2D eigenvalue weighted by Crippen LogP contribution is 2.30. The molecule has 5 heteroatoms. The van der Waals surface area contributed by atoms with E-state index >= 15 is 0 Å². The van der Waals surface area contributed by atoms with E-state index in [-0.39, 0.29) is 29.3 Å². The predicted molar refractivity (Wildman–Crippen MR) is 69.8 cm³/mol. The summed E-state index contributed by atoms with van der Waals surface area (Å²) >= 11 is 0. The molecule has 0 fully saturated rings. The Balaban J connectivity index is 3.21. The number of hydrogen-bond acceptors (Lipinski definition) is 4. The maximum atomic E-state index is 9.17. The Bertz CT molecular complexity index is 484. The minimum Gasteiger partial charge on any atom is -0.282 e. The van der Waals surface area contributed by atoms with Gasteiger partial charge >= 0.3 is 0 Å². The number of amidine groups is 1. The first kappa shape index (κ1) is 13.9. The van der Waals surface area contributed by atoms with Crippen molar-refractivity contribution in [3.63, 3.8) is 0 Å². The van der Waals surface area contributed by atoms with Crippen molar-refractivity contribution < 1.29 is 0 Å². The van der Waals surface area contributed by atoms with E-state index < -0.39 is 0 Å². The van der Waals surface area contributed by atoms with Gasteiger partial charge in [-0.15, -0.1) is 0 Å². The Morgan fingerprint density at radius 1 is 1.28 bits per heavy atom. The Morgan fingerprint density at radius 3 is 2.28 bits per heavy atom. The van der Waals surface area contributed by atoms with E-state index in [0.29, 0.717) is 5.57 Å². The van der Waals surface area contributed by atoms with Crippen molar-refractivity contribution >= 4 is 12.1 Å². The maximum absolute atomic E-state index is 9.17. The third-order valence-corrected chi connectivity index (χ3v) is 2.65. The van der Waals surface area contributed by atoms with Gasteiger partial charge in [-0.2, -0.15) is 15.6 Å². The van der Waals surface area contributed by atoms with Crippen LogP contribution in [0.1, 0.15) is 27.7 Å². The fourth-order valence-corrected chi connectivity index (χ4v) is 1.84. The Kier molecular flexibility index (Phi) is 4.23. The first-order valence-corrected chi connectivity index (χ1v) is 5.90. The number of hydrazone groups is 1. The summed E-state index contributed by atoms with van der Waals surface area (Å²) in [5.41, 5.74) is 0.482. The molecule has 0 saturated carbocycles. The predicted octanol–water partition coefficient (Wildman–Crippen LogP) is 2.29. The molecule has 0 aromatic heterocycles. The van der Waals surface area contributed by atoms with Crippen LogP contribution in [-0.2, 0) is 0 Å². The lowest BCUT2D eigenvalue weighted by atomic mass is 9.97. The van der Waals surface area contributed by atoms with Gasteiger partial charge < -0.3 is 0 Å². The van der Waals surface area contributed by atoms with E-state index in [2.05, 4.69) is 5.10 Å². The second kappa shape index (κ2) is 5.46. The van der Waals surface area contributed by atoms with E-state index in [1.54, 1.807) is 6.21 Å². The number of nitrogens with one attached hydrogen (secondary N) is 1. The van der Waals surface area contributed by atoms with Gasteiger partial charge in [0.05, 0.1) is 17.7 Å². The van der Waals surface area contributed by atoms with Crippen molar-refractivity contribution in [2.45, 2.75) is 33.7 Å². The fraction of sp³-hybridized carbons (Fsp3) is 0.538. The van der Waals surface area contributed by atoms with Gasteiger partial charge in [0.1, 0.15) is 11.6 Å². The van der Waals surface area contributed by atoms with E-state index in [9.17, 15) is 0 Å². The number of nitriles is 2. The summed E-state index contributed by atoms with van der Waals surface area (Å²) in [6.45, 7) is 7.87. The van der Waals surface area contributed by atoms with Gasteiger partial charge in [-0.25, -0.2) is 5.01 Å². The molecule has 1 rings (SSSR count). The summed E-state index contributed by atoms with van der Waals surface area (Å²) in [5.74, 6) is 0.377. The number of hydrogen-bond donors (Lipinski definition) is 1. The highest BCUT2D eigenvalue weighted by molar-refractivity contribution is 6.04. The zero-order valence-electron chi connectivity index (χ0n) is 11.1. The van der Waals surface area contributed by atoms with Crippen LogP contribution in [0.2, 0.25) is 0 Å². The maximum Gasteiger partial charge on any atom is 0.161 e. The van der Waals surface area contributed by atoms with Crippen molar-refractivity contribution in [2.24, 2.45) is 16.9 Å². The topological polar surface area (TPSA) is 87.0 Å². The third-order valence-electron chi connectivity index (χ3n) is 2.65. The molecule has 0 radical (unpaired) electrons. The monoisotopic (exact) mass is 243 g/mol. The molecule has 1 atom stereocenters. The summed E-state index contributed by atoms with van der Waals surface area (Å²) < 4.78 is 0. The molecule has 0 aliphatic carbocycles. The zero-order chi connectivity index (χ0) is 13.9. The standard InChI is InChI=1S/C13H17N5/c1-8(2)7-17-18-12(9(3)4)10(5-14)11(6-15)13(18)16/h7-9,12,16H,1-4H3/b16-13?,17-7+. The van der Waals surface area contributed by atoms with Gasteiger partial charge in [-0.1, -0.05) is 27.7 Å². The lowest BCUT2D eigenvalue weighted by Crippen LogP contribution is -2.34. The molecule has 1 aliphatic heterocycles. The Hall–Kier alpha value is -2.14. The molecule has 1 heterocycles. The van der Waals surface area contributed by atoms with Crippen molar-refractivity contribution in [3.05, 3.63) is 11.1 Å². The largest absolute Gasteiger partial charge is 0.282 e. The highest BCUT2D eigenvalue weighted by Gasteiger charge is 2.39. The molecule has 0 spiro atoms. The summed E-state index contributed by atoms with van der Waals surface area (Å²) in [6.07, 6.45) is 1.72. The van der Waals surface area contributed by atoms with Crippen molar-refractivity contribution in [1.29, 1.82) is 15.9 Å². The average molecular weight is 243 g/mol. The lowest BCUT2D eigenvalue weighted by Gasteiger charge is -2.25. The highest BCUT2D eigenvalue weighted by atomic mass is 15.5. The van der Waals surface area contributed by atoms with E-state index in [4.69, 9.17) is 15.9 Å².